The van der Waals surface area contributed by atoms with E-state index < -0.39 is 0 Å². The maximum Gasteiger partial charge on any atom is 0.131 e. The van der Waals surface area contributed by atoms with Crippen LogP contribution in [0.1, 0.15) is 31.0 Å². The normalized spacial score (nSPS) is 16.7. The molecule has 4 heterocycles. The van der Waals surface area contributed by atoms with Crippen molar-refractivity contribution in [1.29, 1.82) is 0 Å². The fraction of sp³-hybridized carbons (Fsp3) is 0.241. The molecule has 1 saturated heterocycles. The van der Waals surface area contributed by atoms with E-state index >= 15 is 4.39 Å². The SMILES string of the molecule is C=C(/C=C1/CCN(/C=C\C)C(=C)N1)Nc1cc2cc(-c3cnc4c(c3C)NCCC4)c(F)cc2cn1. The van der Waals surface area contributed by atoms with Crippen molar-refractivity contribution >= 4 is 22.3 Å². The van der Waals surface area contributed by atoms with Gasteiger partial charge in [-0.15, -0.1) is 0 Å². The summed E-state index contributed by atoms with van der Waals surface area (Å²) in [7, 11) is 0. The molecular formula is C29H31FN6. The Labute approximate surface area is 211 Å². The number of nitrogens with zero attached hydrogens (tertiary/aromatic N) is 3. The molecule has 1 fully saturated rings. The number of fused-ring (bicyclic) bond motifs is 2. The van der Waals surface area contributed by atoms with Gasteiger partial charge in [0.1, 0.15) is 17.5 Å². The molecule has 0 unspecified atom stereocenters. The van der Waals surface area contributed by atoms with E-state index in [9.17, 15) is 0 Å². The van der Waals surface area contributed by atoms with Gasteiger partial charge in [-0.05, 0) is 61.9 Å². The topological polar surface area (TPSA) is 65.1 Å². The van der Waals surface area contributed by atoms with Gasteiger partial charge in [-0.3, -0.25) is 4.98 Å². The van der Waals surface area contributed by atoms with Crippen LogP contribution in [0.5, 0.6) is 0 Å². The molecule has 184 valence electrons. The van der Waals surface area contributed by atoms with Crippen molar-refractivity contribution in [1.82, 2.24) is 20.2 Å². The van der Waals surface area contributed by atoms with Crippen LogP contribution in [0.4, 0.5) is 15.9 Å². The Kier molecular flexibility index (Phi) is 6.46. The number of hydrogen-bond donors (Lipinski definition) is 3. The zero-order chi connectivity index (χ0) is 25.2. The van der Waals surface area contributed by atoms with E-state index in [1.807, 2.05) is 44.3 Å². The van der Waals surface area contributed by atoms with Crippen molar-refractivity contribution in [3.8, 4) is 11.1 Å². The lowest BCUT2D eigenvalue weighted by molar-refractivity contribution is 0.401. The molecular weight excluding hydrogens is 451 g/mol. The Hall–Kier alpha value is -4.13. The fourth-order valence-electron chi connectivity index (χ4n) is 4.82. The summed E-state index contributed by atoms with van der Waals surface area (Å²) in [6, 6.07) is 5.33. The van der Waals surface area contributed by atoms with Gasteiger partial charge >= 0.3 is 0 Å². The van der Waals surface area contributed by atoms with Gasteiger partial charge in [0.05, 0.1) is 11.4 Å². The molecule has 7 heteroatoms. The van der Waals surface area contributed by atoms with Gasteiger partial charge in [-0.25, -0.2) is 9.37 Å². The molecule has 3 N–H and O–H groups in total. The van der Waals surface area contributed by atoms with Gasteiger partial charge in [-0.2, -0.15) is 0 Å². The molecule has 2 aromatic heterocycles. The van der Waals surface area contributed by atoms with Crippen LogP contribution < -0.4 is 16.0 Å². The number of pyridine rings is 2. The predicted octanol–water partition coefficient (Wildman–Crippen LogP) is 6.21. The van der Waals surface area contributed by atoms with Crippen LogP contribution in [-0.2, 0) is 6.42 Å². The molecule has 0 aliphatic carbocycles. The highest BCUT2D eigenvalue weighted by Crippen LogP contribution is 2.35. The van der Waals surface area contributed by atoms with Gasteiger partial charge in [0.15, 0.2) is 0 Å². The minimum Gasteiger partial charge on any atom is -0.383 e. The minimum absolute atomic E-state index is 0.282. The summed E-state index contributed by atoms with van der Waals surface area (Å²) in [4.78, 5) is 11.2. The molecule has 2 aliphatic heterocycles. The van der Waals surface area contributed by atoms with E-state index in [4.69, 9.17) is 0 Å². The Morgan fingerprint density at radius 1 is 1.14 bits per heavy atom. The zero-order valence-corrected chi connectivity index (χ0v) is 20.8. The number of aryl methyl sites for hydroxylation is 1. The third kappa shape index (κ3) is 4.69. The van der Waals surface area contributed by atoms with Crippen molar-refractivity contribution in [2.24, 2.45) is 0 Å². The van der Waals surface area contributed by atoms with Crippen LogP contribution in [0.25, 0.3) is 21.9 Å². The van der Waals surface area contributed by atoms with Crippen LogP contribution in [-0.4, -0.2) is 28.0 Å². The smallest absolute Gasteiger partial charge is 0.131 e. The molecule has 2 aliphatic rings. The number of allylic oxidation sites excluding steroid dienone is 2. The summed E-state index contributed by atoms with van der Waals surface area (Å²) >= 11 is 0. The van der Waals surface area contributed by atoms with E-state index in [1.54, 1.807) is 18.5 Å². The molecule has 0 spiro atoms. The lowest BCUT2D eigenvalue weighted by Crippen LogP contribution is -2.34. The van der Waals surface area contributed by atoms with Crippen LogP contribution in [0.15, 0.2) is 79.3 Å². The number of halogens is 1. The summed E-state index contributed by atoms with van der Waals surface area (Å²) in [6.07, 6.45) is 12.3. The number of benzene rings is 1. The molecule has 5 rings (SSSR count). The largest absolute Gasteiger partial charge is 0.383 e. The van der Waals surface area contributed by atoms with Crippen LogP contribution in [0.3, 0.4) is 0 Å². The summed E-state index contributed by atoms with van der Waals surface area (Å²) in [6.45, 7) is 14.0. The highest BCUT2D eigenvalue weighted by molar-refractivity contribution is 5.90. The maximum absolute atomic E-state index is 15.2. The number of rotatable bonds is 5. The predicted molar refractivity (Wildman–Crippen MR) is 146 cm³/mol. The van der Waals surface area contributed by atoms with E-state index in [2.05, 4.69) is 44.0 Å². The maximum atomic E-state index is 15.2. The van der Waals surface area contributed by atoms with Crippen molar-refractivity contribution in [3.05, 3.63) is 96.4 Å². The average molecular weight is 483 g/mol. The highest BCUT2D eigenvalue weighted by Gasteiger charge is 2.18. The van der Waals surface area contributed by atoms with Gasteiger partial charge in [0.2, 0.25) is 0 Å². The van der Waals surface area contributed by atoms with E-state index in [0.29, 0.717) is 17.1 Å². The van der Waals surface area contributed by atoms with Crippen molar-refractivity contribution in [2.75, 3.05) is 23.7 Å². The van der Waals surface area contributed by atoms with Crippen LogP contribution in [0.2, 0.25) is 0 Å². The minimum atomic E-state index is -0.282. The molecule has 6 nitrogen and oxygen atoms in total. The summed E-state index contributed by atoms with van der Waals surface area (Å²) in [5.41, 5.74) is 6.20. The molecule has 0 amide bonds. The number of nitrogens with one attached hydrogen (secondary N) is 3. The summed E-state index contributed by atoms with van der Waals surface area (Å²) in [5.74, 6) is 1.20. The first-order chi connectivity index (χ1) is 17.4. The van der Waals surface area contributed by atoms with Crippen LogP contribution in [0, 0.1) is 12.7 Å². The van der Waals surface area contributed by atoms with E-state index in [1.165, 1.54) is 0 Å². The number of anilines is 2. The Bertz CT molecular complexity index is 1420. The monoisotopic (exact) mass is 482 g/mol. The van der Waals surface area contributed by atoms with E-state index in [-0.39, 0.29) is 5.82 Å². The Balaban J connectivity index is 1.39. The lowest BCUT2D eigenvalue weighted by atomic mass is 9.95. The second-order valence-corrected chi connectivity index (χ2v) is 9.21. The Morgan fingerprint density at radius 2 is 2.00 bits per heavy atom. The first-order valence-corrected chi connectivity index (χ1v) is 12.3. The Morgan fingerprint density at radius 3 is 2.81 bits per heavy atom. The lowest BCUT2D eigenvalue weighted by Gasteiger charge is -2.30. The molecule has 1 aromatic carbocycles. The van der Waals surface area contributed by atoms with E-state index in [0.717, 1.165) is 77.2 Å². The fourth-order valence-corrected chi connectivity index (χ4v) is 4.82. The number of aromatic nitrogens is 2. The second-order valence-electron chi connectivity index (χ2n) is 9.21. The quantitative estimate of drug-likeness (QED) is 0.402. The first kappa shape index (κ1) is 23.6. The average Bonchev–Trinajstić information content (AvgIpc) is 2.86. The van der Waals surface area contributed by atoms with Crippen LogP contribution >= 0.6 is 0 Å². The molecule has 0 bridgehead atoms. The molecule has 0 atom stereocenters. The molecule has 0 radical (unpaired) electrons. The standard InChI is InChI=1S/C29H31FN6/c1-5-10-36-11-8-23(35-20(36)4)12-18(2)34-28-15-21-13-24(26(30)14-22(21)16-33-28)25-17-32-27-7-6-9-31-29(27)19(25)3/h5,10,12-17,31,35H,2,4,6-9,11H2,1,3H3,(H,33,34)/b10-5-,23-12-. The van der Waals surface area contributed by atoms with Gasteiger partial charge < -0.3 is 20.9 Å². The molecule has 3 aromatic rings. The van der Waals surface area contributed by atoms with Gasteiger partial charge in [0.25, 0.3) is 0 Å². The summed E-state index contributed by atoms with van der Waals surface area (Å²) < 4.78 is 15.2. The summed E-state index contributed by atoms with van der Waals surface area (Å²) in [5, 5.41) is 11.7. The first-order valence-electron chi connectivity index (χ1n) is 12.3. The van der Waals surface area contributed by atoms with Crippen molar-refractivity contribution in [3.63, 3.8) is 0 Å². The third-order valence-corrected chi connectivity index (χ3v) is 6.65. The third-order valence-electron chi connectivity index (χ3n) is 6.65. The van der Waals surface area contributed by atoms with Gasteiger partial charge in [0, 0.05) is 66.0 Å². The zero-order valence-electron chi connectivity index (χ0n) is 20.8. The van der Waals surface area contributed by atoms with Gasteiger partial charge in [-0.1, -0.05) is 19.2 Å². The highest BCUT2D eigenvalue weighted by atomic mass is 19.1. The molecule has 36 heavy (non-hydrogen) atoms. The van der Waals surface area contributed by atoms with Crippen molar-refractivity contribution < 1.29 is 4.39 Å². The van der Waals surface area contributed by atoms with Crippen molar-refractivity contribution in [2.45, 2.75) is 33.1 Å². The number of hydrogen-bond acceptors (Lipinski definition) is 6. The molecule has 0 saturated carbocycles. The second kappa shape index (κ2) is 9.85.